The fourth-order valence-corrected chi connectivity index (χ4v) is 4.94. The lowest BCUT2D eigenvalue weighted by molar-refractivity contribution is 0.469. The van der Waals surface area contributed by atoms with E-state index < -0.39 is 10.0 Å². The summed E-state index contributed by atoms with van der Waals surface area (Å²) in [6, 6.07) is 6.81. The molecule has 0 saturated heterocycles. The predicted octanol–water partition coefficient (Wildman–Crippen LogP) is 3.32. The average molecular weight is 328 g/mol. The van der Waals surface area contributed by atoms with Crippen LogP contribution in [0.1, 0.15) is 31.2 Å². The Balaban J connectivity index is 1.59. The molecule has 0 heterocycles. The largest absolute Gasteiger partial charge is 0.276 e. The van der Waals surface area contributed by atoms with Gasteiger partial charge in [-0.2, -0.15) is 13.5 Å². The van der Waals surface area contributed by atoms with Gasteiger partial charge in [-0.05, 0) is 50.2 Å². The quantitative estimate of drug-likeness (QED) is 0.865. The molecule has 0 spiro atoms. The summed E-state index contributed by atoms with van der Waals surface area (Å²) in [6.07, 6.45) is 12.7. The van der Waals surface area contributed by atoms with Crippen LogP contribution in [-0.2, 0) is 10.0 Å². The Hall–Kier alpha value is -1.88. The van der Waals surface area contributed by atoms with Crippen LogP contribution in [0.4, 0.5) is 0 Å². The number of hydrazone groups is 1. The molecule has 3 aliphatic rings. The Morgan fingerprint density at radius 3 is 2.74 bits per heavy atom. The van der Waals surface area contributed by atoms with E-state index in [0.29, 0.717) is 0 Å². The van der Waals surface area contributed by atoms with Gasteiger partial charge in [0.15, 0.2) is 0 Å². The molecule has 120 valence electrons. The molecule has 1 N–H and O–H groups in total. The second-order valence-corrected chi connectivity index (χ2v) is 8.55. The van der Waals surface area contributed by atoms with E-state index in [0.717, 1.165) is 37.0 Å². The molecule has 0 bridgehead atoms. The Labute approximate surface area is 137 Å². The number of aryl methyl sites for hydroxylation is 1. The second kappa shape index (κ2) is 4.81. The Kier molecular flexibility index (Phi) is 3.07. The van der Waals surface area contributed by atoms with Crippen LogP contribution in [0.3, 0.4) is 0 Å². The highest BCUT2D eigenvalue weighted by molar-refractivity contribution is 7.89. The van der Waals surface area contributed by atoms with Gasteiger partial charge in [-0.15, -0.1) is 0 Å². The van der Waals surface area contributed by atoms with Gasteiger partial charge < -0.3 is 0 Å². The number of nitrogens with zero attached hydrogens (tertiary/aromatic N) is 1. The molecule has 0 aliphatic heterocycles. The molecule has 1 aromatic carbocycles. The molecule has 0 aromatic heterocycles. The van der Waals surface area contributed by atoms with Gasteiger partial charge in [0, 0.05) is 11.1 Å². The maximum atomic E-state index is 12.4. The molecule has 3 aliphatic carbocycles. The molecule has 0 unspecified atom stereocenters. The van der Waals surface area contributed by atoms with Crippen LogP contribution < -0.4 is 4.83 Å². The maximum absolute atomic E-state index is 12.4. The van der Waals surface area contributed by atoms with Crippen molar-refractivity contribution in [3.63, 3.8) is 0 Å². The molecular weight excluding hydrogens is 308 g/mol. The highest BCUT2D eigenvalue weighted by Crippen LogP contribution is 2.75. The third-order valence-corrected chi connectivity index (χ3v) is 6.79. The number of sulfonamides is 1. The zero-order valence-corrected chi connectivity index (χ0v) is 13.9. The number of hydrogen-bond acceptors (Lipinski definition) is 3. The van der Waals surface area contributed by atoms with E-state index in [1.54, 1.807) is 24.3 Å². The molecule has 2 fully saturated rings. The molecule has 4 nitrogen and oxygen atoms in total. The van der Waals surface area contributed by atoms with Gasteiger partial charge in [0.2, 0.25) is 0 Å². The smallest absolute Gasteiger partial charge is 0.200 e. The molecule has 4 rings (SSSR count). The predicted molar refractivity (Wildman–Crippen MR) is 90.5 cm³/mol. The monoisotopic (exact) mass is 328 g/mol. The van der Waals surface area contributed by atoms with E-state index in [4.69, 9.17) is 0 Å². The summed E-state index contributed by atoms with van der Waals surface area (Å²) < 4.78 is 24.8. The topological polar surface area (TPSA) is 58.5 Å². The summed E-state index contributed by atoms with van der Waals surface area (Å²) >= 11 is 0. The minimum atomic E-state index is -3.60. The molecule has 0 radical (unpaired) electrons. The van der Waals surface area contributed by atoms with E-state index in [9.17, 15) is 8.42 Å². The first-order valence-corrected chi connectivity index (χ1v) is 9.46. The molecule has 2 saturated carbocycles. The van der Waals surface area contributed by atoms with Crippen LogP contribution in [0.25, 0.3) is 0 Å². The van der Waals surface area contributed by atoms with Gasteiger partial charge in [0.25, 0.3) is 10.0 Å². The van der Waals surface area contributed by atoms with Crippen molar-refractivity contribution in [3.05, 3.63) is 54.1 Å². The highest BCUT2D eigenvalue weighted by atomic mass is 32.2. The van der Waals surface area contributed by atoms with Gasteiger partial charge >= 0.3 is 0 Å². The van der Waals surface area contributed by atoms with Crippen LogP contribution in [0, 0.1) is 17.8 Å². The fourth-order valence-electron chi connectivity index (χ4n) is 4.11. The maximum Gasteiger partial charge on any atom is 0.276 e. The van der Waals surface area contributed by atoms with Crippen LogP contribution in [0.5, 0.6) is 0 Å². The van der Waals surface area contributed by atoms with Crippen LogP contribution in [0.15, 0.2) is 58.6 Å². The van der Waals surface area contributed by atoms with E-state index in [1.165, 1.54) is 0 Å². The van der Waals surface area contributed by atoms with Gasteiger partial charge in [0.1, 0.15) is 0 Å². The van der Waals surface area contributed by atoms with Gasteiger partial charge in [-0.25, -0.2) is 4.83 Å². The third-order valence-electron chi connectivity index (χ3n) is 5.56. The van der Waals surface area contributed by atoms with Crippen molar-refractivity contribution in [3.8, 4) is 0 Å². The molecular formula is C18H20N2O2S. The minimum Gasteiger partial charge on any atom is -0.200 e. The SMILES string of the molecule is Cc1ccc(S(=O)(=O)N/N=C2\CC[C@]34CC=CC=C[C@]23C4)cc1. The van der Waals surface area contributed by atoms with Crippen molar-refractivity contribution >= 4 is 15.7 Å². The van der Waals surface area contributed by atoms with Crippen molar-refractivity contribution < 1.29 is 8.42 Å². The fraction of sp³-hybridized carbons (Fsp3) is 0.389. The normalized spacial score (nSPS) is 33.2. The highest BCUT2D eigenvalue weighted by Gasteiger charge is 2.71. The van der Waals surface area contributed by atoms with Crippen LogP contribution in [0.2, 0.25) is 0 Å². The first kappa shape index (κ1) is 14.7. The zero-order chi connectivity index (χ0) is 16.1. The molecule has 23 heavy (non-hydrogen) atoms. The summed E-state index contributed by atoms with van der Waals surface area (Å²) in [7, 11) is -3.60. The van der Waals surface area contributed by atoms with E-state index in [-0.39, 0.29) is 15.7 Å². The van der Waals surface area contributed by atoms with Crippen molar-refractivity contribution in [1.29, 1.82) is 0 Å². The molecule has 1 aromatic rings. The van der Waals surface area contributed by atoms with Crippen LogP contribution in [-0.4, -0.2) is 14.1 Å². The summed E-state index contributed by atoms with van der Waals surface area (Å²) in [6.45, 7) is 1.93. The lowest BCUT2D eigenvalue weighted by Crippen LogP contribution is -2.23. The Morgan fingerprint density at radius 2 is 1.96 bits per heavy atom. The third kappa shape index (κ3) is 2.17. The molecule has 5 heteroatoms. The Bertz CT molecular complexity index is 836. The summed E-state index contributed by atoms with van der Waals surface area (Å²) in [5, 5.41) is 4.33. The lowest BCUT2D eigenvalue weighted by Gasteiger charge is -2.13. The molecule has 0 amide bonds. The van der Waals surface area contributed by atoms with E-state index in [1.807, 2.05) is 6.92 Å². The first-order chi connectivity index (χ1) is 11.0. The van der Waals surface area contributed by atoms with Crippen molar-refractivity contribution in [2.24, 2.45) is 15.9 Å². The summed E-state index contributed by atoms with van der Waals surface area (Å²) in [5.41, 5.74) is 2.27. The number of benzene rings is 1. The van der Waals surface area contributed by atoms with Gasteiger partial charge in [-0.1, -0.05) is 42.0 Å². The molecule has 2 atom stereocenters. The number of hydrogen-bond donors (Lipinski definition) is 1. The summed E-state index contributed by atoms with van der Waals surface area (Å²) in [5.74, 6) is 0. The van der Waals surface area contributed by atoms with E-state index in [2.05, 4.69) is 34.2 Å². The standard InChI is InChI=1S/C18H20N2O2S/c1-14-5-7-15(8-6-14)23(21,22)20-19-16-9-12-17-10-3-2-4-11-18(16,17)13-17/h2-8,11,20H,9-10,12-13H2,1H3/b19-16+/t17-,18-/m0/s1. The van der Waals surface area contributed by atoms with Crippen molar-refractivity contribution in [1.82, 2.24) is 4.83 Å². The summed E-state index contributed by atoms with van der Waals surface area (Å²) in [4.78, 5) is 2.70. The van der Waals surface area contributed by atoms with Crippen molar-refractivity contribution in [2.75, 3.05) is 0 Å². The lowest BCUT2D eigenvalue weighted by atomic mass is 9.93. The van der Waals surface area contributed by atoms with Crippen molar-refractivity contribution in [2.45, 2.75) is 37.5 Å². The Morgan fingerprint density at radius 1 is 1.17 bits per heavy atom. The van der Waals surface area contributed by atoms with E-state index >= 15 is 0 Å². The van der Waals surface area contributed by atoms with Crippen LogP contribution >= 0.6 is 0 Å². The number of nitrogens with one attached hydrogen (secondary N) is 1. The van der Waals surface area contributed by atoms with Gasteiger partial charge in [-0.3, -0.25) is 0 Å². The second-order valence-electron chi connectivity index (χ2n) is 6.89. The van der Waals surface area contributed by atoms with Gasteiger partial charge in [0.05, 0.1) is 4.90 Å². The average Bonchev–Trinajstić information content (AvgIpc) is 3.10. The number of rotatable bonds is 3. The first-order valence-electron chi connectivity index (χ1n) is 7.97. The number of allylic oxidation sites excluding steroid dienone is 4. The minimum absolute atomic E-state index is 0.0215. The zero-order valence-electron chi connectivity index (χ0n) is 13.1.